The van der Waals surface area contributed by atoms with Crippen LogP contribution in [0.15, 0.2) is 42.6 Å². The van der Waals surface area contributed by atoms with Gasteiger partial charge in [0.1, 0.15) is 18.1 Å². The van der Waals surface area contributed by atoms with Gasteiger partial charge in [0.2, 0.25) is 0 Å². The summed E-state index contributed by atoms with van der Waals surface area (Å²) in [5.74, 6) is 0.151. The normalized spacial score (nSPS) is 10.7. The summed E-state index contributed by atoms with van der Waals surface area (Å²) in [5.41, 5.74) is 4.00. The molecule has 2 N–H and O–H groups in total. The van der Waals surface area contributed by atoms with E-state index in [0.29, 0.717) is 30.1 Å². The molecule has 0 atom stereocenters. The molecule has 7 nitrogen and oxygen atoms in total. The second kappa shape index (κ2) is 10.3. The summed E-state index contributed by atoms with van der Waals surface area (Å²) < 4.78 is 7.31. The molecule has 0 fully saturated rings. The van der Waals surface area contributed by atoms with Crippen molar-refractivity contribution < 1.29 is 14.3 Å². The van der Waals surface area contributed by atoms with Gasteiger partial charge in [-0.2, -0.15) is 5.10 Å². The average molecular weight is 455 g/mol. The van der Waals surface area contributed by atoms with Crippen molar-refractivity contribution in [3.05, 3.63) is 75.6 Å². The number of carbonyl (C=O) groups excluding carboxylic acids is 2. The van der Waals surface area contributed by atoms with Crippen LogP contribution in [0.25, 0.3) is 0 Å². The number of nitrogens with zero attached hydrogens (tertiary/aromatic N) is 2. The van der Waals surface area contributed by atoms with Crippen molar-refractivity contribution in [1.82, 2.24) is 15.1 Å². The zero-order valence-electron chi connectivity index (χ0n) is 18.7. The highest BCUT2D eigenvalue weighted by Gasteiger charge is 2.19. The van der Waals surface area contributed by atoms with Crippen LogP contribution in [0.2, 0.25) is 5.02 Å². The molecule has 0 aliphatic rings. The molecular weight excluding hydrogens is 428 g/mol. The third-order valence-corrected chi connectivity index (χ3v) is 5.57. The molecule has 2 aromatic carbocycles. The van der Waals surface area contributed by atoms with E-state index in [2.05, 4.69) is 15.7 Å². The maximum absolute atomic E-state index is 12.7. The van der Waals surface area contributed by atoms with Crippen LogP contribution in [0, 0.1) is 13.8 Å². The van der Waals surface area contributed by atoms with E-state index in [1.807, 2.05) is 45.0 Å². The molecule has 0 aliphatic heterocycles. The van der Waals surface area contributed by atoms with Gasteiger partial charge in [-0.3, -0.25) is 14.3 Å². The Hall–Kier alpha value is -3.32. The number of rotatable bonds is 8. The number of halogens is 1. The largest absolute Gasteiger partial charge is 0.489 e. The molecule has 0 bridgehead atoms. The highest BCUT2D eigenvalue weighted by Crippen LogP contribution is 2.26. The van der Waals surface area contributed by atoms with E-state index in [0.717, 1.165) is 33.9 Å². The van der Waals surface area contributed by atoms with Crippen molar-refractivity contribution in [2.24, 2.45) is 7.05 Å². The van der Waals surface area contributed by atoms with Crippen LogP contribution in [-0.4, -0.2) is 28.1 Å². The minimum Gasteiger partial charge on any atom is -0.489 e. The summed E-state index contributed by atoms with van der Waals surface area (Å²) in [7, 11) is 1.66. The van der Waals surface area contributed by atoms with Gasteiger partial charge < -0.3 is 15.4 Å². The van der Waals surface area contributed by atoms with Crippen LogP contribution in [0.5, 0.6) is 5.75 Å². The highest BCUT2D eigenvalue weighted by atomic mass is 35.5. The van der Waals surface area contributed by atoms with Gasteiger partial charge in [0.25, 0.3) is 11.8 Å². The molecule has 0 saturated heterocycles. The molecule has 168 valence electrons. The van der Waals surface area contributed by atoms with E-state index >= 15 is 0 Å². The van der Waals surface area contributed by atoms with E-state index in [1.54, 1.807) is 19.2 Å². The molecule has 3 aromatic rings. The van der Waals surface area contributed by atoms with Gasteiger partial charge in [-0.15, -0.1) is 0 Å². The average Bonchev–Trinajstić information content (AvgIpc) is 3.14. The van der Waals surface area contributed by atoms with E-state index in [9.17, 15) is 9.59 Å². The SMILES string of the molecule is CCCNC(=O)c1c(NC(=O)c2ccc(COc3cc(C)c(Cl)c(C)c3)cc2)cnn1C. The van der Waals surface area contributed by atoms with Crippen molar-refractivity contribution in [1.29, 1.82) is 0 Å². The zero-order valence-corrected chi connectivity index (χ0v) is 19.4. The predicted octanol–water partition coefficient (Wildman–Crippen LogP) is 4.66. The van der Waals surface area contributed by atoms with E-state index in [-0.39, 0.29) is 11.8 Å². The lowest BCUT2D eigenvalue weighted by atomic mass is 10.1. The summed E-state index contributed by atoms with van der Waals surface area (Å²) in [6, 6.07) is 10.9. The number of aromatic nitrogens is 2. The summed E-state index contributed by atoms with van der Waals surface area (Å²) in [6.07, 6.45) is 2.29. The minimum atomic E-state index is -0.320. The van der Waals surface area contributed by atoms with E-state index < -0.39 is 0 Å². The Balaban J connectivity index is 1.64. The summed E-state index contributed by atoms with van der Waals surface area (Å²) in [4.78, 5) is 25.1. The molecule has 2 amide bonds. The second-order valence-electron chi connectivity index (χ2n) is 7.60. The van der Waals surface area contributed by atoms with E-state index in [1.165, 1.54) is 10.9 Å². The predicted molar refractivity (Wildman–Crippen MR) is 125 cm³/mol. The summed E-state index contributed by atoms with van der Waals surface area (Å²) in [6.45, 7) is 6.77. The monoisotopic (exact) mass is 454 g/mol. The Morgan fingerprint density at radius 3 is 2.38 bits per heavy atom. The maximum Gasteiger partial charge on any atom is 0.271 e. The molecule has 1 heterocycles. The quantitative estimate of drug-likeness (QED) is 0.518. The lowest BCUT2D eigenvalue weighted by Crippen LogP contribution is -2.27. The number of carbonyl (C=O) groups is 2. The molecule has 8 heteroatoms. The van der Waals surface area contributed by atoms with E-state index in [4.69, 9.17) is 16.3 Å². The number of nitrogens with one attached hydrogen (secondary N) is 2. The zero-order chi connectivity index (χ0) is 23.3. The fourth-order valence-corrected chi connectivity index (χ4v) is 3.33. The number of anilines is 1. The van der Waals surface area contributed by atoms with Crippen molar-refractivity contribution in [3.8, 4) is 5.75 Å². The fourth-order valence-electron chi connectivity index (χ4n) is 3.22. The summed E-state index contributed by atoms with van der Waals surface area (Å²) in [5, 5.41) is 10.4. The first-order valence-corrected chi connectivity index (χ1v) is 10.8. The third kappa shape index (κ3) is 5.48. The second-order valence-corrected chi connectivity index (χ2v) is 7.98. The number of aryl methyl sites for hydroxylation is 3. The molecule has 0 spiro atoms. The van der Waals surface area contributed by atoms with Crippen LogP contribution in [0.1, 0.15) is 50.9 Å². The van der Waals surface area contributed by atoms with Gasteiger partial charge in [0.05, 0.1) is 11.9 Å². The van der Waals surface area contributed by atoms with Gasteiger partial charge in [0, 0.05) is 24.2 Å². The highest BCUT2D eigenvalue weighted by molar-refractivity contribution is 6.32. The van der Waals surface area contributed by atoms with Crippen LogP contribution < -0.4 is 15.4 Å². The van der Waals surface area contributed by atoms with Crippen LogP contribution in [0.4, 0.5) is 5.69 Å². The first-order valence-electron chi connectivity index (χ1n) is 10.4. The Morgan fingerprint density at radius 1 is 1.09 bits per heavy atom. The third-order valence-electron chi connectivity index (χ3n) is 4.97. The van der Waals surface area contributed by atoms with Crippen molar-refractivity contribution in [2.75, 3.05) is 11.9 Å². The van der Waals surface area contributed by atoms with Gasteiger partial charge >= 0.3 is 0 Å². The van der Waals surface area contributed by atoms with Gasteiger partial charge in [-0.05, 0) is 61.2 Å². The summed E-state index contributed by atoms with van der Waals surface area (Å²) >= 11 is 6.20. The Kier molecular flexibility index (Phi) is 7.53. The first-order chi connectivity index (χ1) is 15.3. The number of amides is 2. The molecule has 0 unspecified atom stereocenters. The topological polar surface area (TPSA) is 85.2 Å². The number of benzene rings is 2. The van der Waals surface area contributed by atoms with Gasteiger partial charge in [-0.1, -0.05) is 30.7 Å². The van der Waals surface area contributed by atoms with Crippen LogP contribution in [-0.2, 0) is 13.7 Å². The minimum absolute atomic E-state index is 0.276. The molecule has 0 aliphatic carbocycles. The smallest absolute Gasteiger partial charge is 0.271 e. The Labute approximate surface area is 192 Å². The number of hydrogen-bond donors (Lipinski definition) is 2. The van der Waals surface area contributed by atoms with Crippen molar-refractivity contribution in [2.45, 2.75) is 33.8 Å². The standard InChI is InChI=1S/C24H27ClN4O3/c1-5-10-26-24(31)22-20(13-27-29(22)4)28-23(30)18-8-6-17(7-9-18)14-32-19-11-15(2)21(25)16(3)12-19/h6-9,11-13H,5,10,14H2,1-4H3,(H,26,31)(H,28,30). The molecule has 0 saturated carbocycles. The lowest BCUT2D eigenvalue weighted by molar-refractivity contribution is 0.0945. The van der Waals surface area contributed by atoms with Gasteiger partial charge in [-0.25, -0.2) is 0 Å². The molecule has 3 rings (SSSR count). The molecule has 32 heavy (non-hydrogen) atoms. The molecule has 1 aromatic heterocycles. The fraction of sp³-hybridized carbons (Fsp3) is 0.292. The van der Waals surface area contributed by atoms with Crippen LogP contribution in [0.3, 0.4) is 0 Å². The van der Waals surface area contributed by atoms with Crippen LogP contribution >= 0.6 is 11.6 Å². The first kappa shape index (κ1) is 23.3. The Morgan fingerprint density at radius 2 is 1.75 bits per heavy atom. The number of ether oxygens (including phenoxy) is 1. The Bertz CT molecular complexity index is 1100. The maximum atomic E-state index is 12.7. The lowest BCUT2D eigenvalue weighted by Gasteiger charge is -2.11. The molecule has 0 radical (unpaired) electrons. The van der Waals surface area contributed by atoms with Crippen molar-refractivity contribution >= 4 is 29.1 Å². The number of hydrogen-bond acceptors (Lipinski definition) is 4. The van der Waals surface area contributed by atoms with Gasteiger partial charge in [0.15, 0.2) is 0 Å². The van der Waals surface area contributed by atoms with Crippen molar-refractivity contribution in [3.63, 3.8) is 0 Å². The molecular formula is C24H27ClN4O3.